The van der Waals surface area contributed by atoms with Crippen molar-refractivity contribution in [2.24, 2.45) is 4.99 Å². The fourth-order valence-corrected chi connectivity index (χ4v) is 2.27. The number of nitrogens with zero attached hydrogens (tertiary/aromatic N) is 1. The zero-order valence-corrected chi connectivity index (χ0v) is 18.4. The molecule has 0 aliphatic heterocycles. The molecule has 148 valence electrons. The predicted molar refractivity (Wildman–Crippen MR) is 119 cm³/mol. The van der Waals surface area contributed by atoms with Crippen LogP contribution in [0.1, 0.15) is 48.9 Å². The summed E-state index contributed by atoms with van der Waals surface area (Å²) in [5.41, 5.74) is 1.71. The van der Waals surface area contributed by atoms with Gasteiger partial charge in [0.15, 0.2) is 5.96 Å². The second-order valence-electron chi connectivity index (χ2n) is 6.11. The number of guanidine groups is 1. The topological polar surface area (TPSA) is 78.7 Å². The minimum atomic E-state index is -0.0390. The summed E-state index contributed by atoms with van der Waals surface area (Å²) in [7, 11) is 0. The number of hydrogen-bond donors (Lipinski definition) is 3. The first-order valence-corrected chi connectivity index (χ1v) is 9.06. The Hall–Kier alpha value is -2.03. The molecule has 2 aromatic rings. The van der Waals surface area contributed by atoms with Gasteiger partial charge < -0.3 is 20.4 Å². The number of hydrogen-bond acceptors (Lipinski definition) is 3. The first-order chi connectivity index (χ1) is 12.6. The van der Waals surface area contributed by atoms with Crippen LogP contribution in [0.2, 0.25) is 0 Å². The van der Waals surface area contributed by atoms with Crippen molar-refractivity contribution in [3.05, 3.63) is 59.5 Å². The molecule has 0 fully saturated rings. The highest BCUT2D eigenvalue weighted by Gasteiger charge is 2.08. The van der Waals surface area contributed by atoms with Gasteiger partial charge in [0.25, 0.3) is 5.91 Å². The summed E-state index contributed by atoms with van der Waals surface area (Å²) in [4.78, 5) is 16.7. The van der Waals surface area contributed by atoms with Crippen molar-refractivity contribution in [3.8, 4) is 0 Å². The lowest BCUT2D eigenvalue weighted by molar-refractivity contribution is 0.0939. The van der Waals surface area contributed by atoms with E-state index >= 15 is 0 Å². The minimum Gasteiger partial charge on any atom is -0.467 e. The van der Waals surface area contributed by atoms with Crippen molar-refractivity contribution in [2.75, 3.05) is 6.54 Å². The molecule has 0 spiro atoms. The Bertz CT molecular complexity index is 699. The lowest BCUT2D eigenvalue weighted by Crippen LogP contribution is -2.36. The Kier molecular flexibility index (Phi) is 10.5. The Balaban J connectivity index is 0.00000364. The third-order valence-corrected chi connectivity index (χ3v) is 3.98. The number of furan rings is 1. The van der Waals surface area contributed by atoms with Crippen LogP contribution < -0.4 is 16.0 Å². The smallest absolute Gasteiger partial charge is 0.251 e. The van der Waals surface area contributed by atoms with Gasteiger partial charge in [-0.05, 0) is 50.1 Å². The molecule has 2 rings (SSSR count). The fourth-order valence-electron chi connectivity index (χ4n) is 2.27. The fraction of sp³-hybridized carbons (Fsp3) is 0.400. The average molecular weight is 484 g/mol. The summed E-state index contributed by atoms with van der Waals surface area (Å²) < 4.78 is 5.31. The molecule has 1 aromatic carbocycles. The molecule has 3 N–H and O–H groups in total. The number of halogens is 1. The molecule has 1 unspecified atom stereocenters. The van der Waals surface area contributed by atoms with E-state index < -0.39 is 0 Å². The number of carbonyl (C=O) groups excluding carboxylic acids is 1. The largest absolute Gasteiger partial charge is 0.467 e. The van der Waals surface area contributed by atoms with Crippen LogP contribution in [0.3, 0.4) is 0 Å². The van der Waals surface area contributed by atoms with Gasteiger partial charge in [-0.2, -0.15) is 0 Å². The summed E-state index contributed by atoms with van der Waals surface area (Å²) in [5.74, 6) is 1.54. The Labute approximate surface area is 178 Å². The quantitative estimate of drug-likeness (QED) is 0.304. The summed E-state index contributed by atoms with van der Waals surface area (Å²) >= 11 is 0. The molecule has 0 radical (unpaired) electrons. The van der Waals surface area contributed by atoms with E-state index in [0.29, 0.717) is 18.7 Å². The van der Waals surface area contributed by atoms with Crippen molar-refractivity contribution < 1.29 is 9.21 Å². The first kappa shape index (κ1) is 23.0. The van der Waals surface area contributed by atoms with Crippen molar-refractivity contribution in [2.45, 2.75) is 46.3 Å². The normalized spacial score (nSPS) is 12.0. The molecular formula is C20H29IN4O2. The second kappa shape index (κ2) is 12.4. The zero-order valence-electron chi connectivity index (χ0n) is 16.1. The third-order valence-electron chi connectivity index (χ3n) is 3.98. The van der Waals surface area contributed by atoms with E-state index in [1.807, 2.05) is 57.2 Å². The Morgan fingerprint density at radius 3 is 2.48 bits per heavy atom. The Morgan fingerprint density at radius 1 is 1.15 bits per heavy atom. The van der Waals surface area contributed by atoms with E-state index in [2.05, 4.69) is 20.9 Å². The number of nitrogens with one attached hydrogen (secondary N) is 3. The maximum atomic E-state index is 12.1. The molecular weight excluding hydrogens is 455 g/mol. The zero-order chi connectivity index (χ0) is 18.8. The van der Waals surface area contributed by atoms with Gasteiger partial charge in [-0.25, -0.2) is 4.99 Å². The molecule has 1 aromatic heterocycles. The van der Waals surface area contributed by atoms with Crippen LogP contribution in [-0.2, 0) is 13.1 Å². The highest BCUT2D eigenvalue weighted by Crippen LogP contribution is 2.07. The van der Waals surface area contributed by atoms with Crippen molar-refractivity contribution >= 4 is 35.8 Å². The van der Waals surface area contributed by atoms with Crippen LogP contribution in [0.25, 0.3) is 0 Å². The first-order valence-electron chi connectivity index (χ1n) is 9.06. The molecule has 0 aliphatic rings. The summed E-state index contributed by atoms with van der Waals surface area (Å²) in [6.07, 6.45) is 2.57. The molecule has 27 heavy (non-hydrogen) atoms. The van der Waals surface area contributed by atoms with Crippen LogP contribution in [0.4, 0.5) is 0 Å². The highest BCUT2D eigenvalue weighted by molar-refractivity contribution is 14.0. The molecule has 6 nitrogen and oxygen atoms in total. The standard InChI is InChI=1S/C20H28N4O2.HI/c1-4-15(3)24-19(25)17-10-8-16(9-11-17)13-22-20(21-5-2)23-14-18-7-6-12-26-18;/h6-12,15H,4-5,13-14H2,1-3H3,(H,24,25)(H2,21,22,23);1H. The number of amides is 1. The lowest BCUT2D eigenvalue weighted by atomic mass is 10.1. The van der Waals surface area contributed by atoms with E-state index in [9.17, 15) is 4.79 Å². The summed E-state index contributed by atoms with van der Waals surface area (Å²) in [6.45, 7) is 7.95. The number of benzene rings is 1. The maximum absolute atomic E-state index is 12.1. The Morgan fingerprint density at radius 2 is 1.89 bits per heavy atom. The average Bonchev–Trinajstić information content (AvgIpc) is 3.17. The van der Waals surface area contributed by atoms with Crippen molar-refractivity contribution in [3.63, 3.8) is 0 Å². The predicted octanol–water partition coefficient (Wildman–Crippen LogP) is 3.68. The van der Waals surface area contributed by atoms with Crippen molar-refractivity contribution in [1.29, 1.82) is 0 Å². The molecule has 1 atom stereocenters. The molecule has 0 saturated carbocycles. The monoisotopic (exact) mass is 484 g/mol. The van der Waals surface area contributed by atoms with Gasteiger partial charge in [-0.3, -0.25) is 4.79 Å². The lowest BCUT2D eigenvalue weighted by Gasteiger charge is -2.12. The van der Waals surface area contributed by atoms with Crippen LogP contribution >= 0.6 is 24.0 Å². The number of carbonyl (C=O) groups is 1. The van der Waals surface area contributed by atoms with Crippen LogP contribution in [0.5, 0.6) is 0 Å². The van der Waals surface area contributed by atoms with E-state index in [-0.39, 0.29) is 35.9 Å². The van der Waals surface area contributed by atoms with Crippen molar-refractivity contribution in [1.82, 2.24) is 16.0 Å². The van der Waals surface area contributed by atoms with Gasteiger partial charge >= 0.3 is 0 Å². The molecule has 7 heteroatoms. The van der Waals surface area contributed by atoms with Crippen LogP contribution in [0, 0.1) is 0 Å². The van der Waals surface area contributed by atoms with Gasteiger partial charge in [0.05, 0.1) is 19.4 Å². The number of aliphatic imine (C=N–C) groups is 1. The van der Waals surface area contributed by atoms with Gasteiger partial charge in [0.2, 0.25) is 0 Å². The van der Waals surface area contributed by atoms with Gasteiger partial charge in [0, 0.05) is 18.2 Å². The molecule has 1 heterocycles. The second-order valence-corrected chi connectivity index (χ2v) is 6.11. The molecule has 0 aliphatic carbocycles. The van der Waals surface area contributed by atoms with Gasteiger partial charge in [-0.1, -0.05) is 19.1 Å². The van der Waals surface area contributed by atoms with Gasteiger partial charge in [0.1, 0.15) is 5.76 Å². The summed E-state index contributed by atoms with van der Waals surface area (Å²) in [6, 6.07) is 11.5. The van der Waals surface area contributed by atoms with E-state index in [1.165, 1.54) is 0 Å². The summed E-state index contributed by atoms with van der Waals surface area (Å²) in [5, 5.41) is 9.40. The van der Waals surface area contributed by atoms with E-state index in [0.717, 1.165) is 30.2 Å². The molecule has 0 bridgehead atoms. The van der Waals surface area contributed by atoms with Crippen LogP contribution in [0.15, 0.2) is 52.1 Å². The van der Waals surface area contributed by atoms with Crippen LogP contribution in [-0.4, -0.2) is 24.5 Å². The van der Waals surface area contributed by atoms with E-state index in [4.69, 9.17) is 4.42 Å². The maximum Gasteiger partial charge on any atom is 0.251 e. The van der Waals surface area contributed by atoms with E-state index in [1.54, 1.807) is 6.26 Å². The SMILES string of the molecule is CCNC(=NCc1ccc(C(=O)NC(C)CC)cc1)NCc1ccco1.I. The van der Waals surface area contributed by atoms with Gasteiger partial charge in [-0.15, -0.1) is 24.0 Å². The third kappa shape index (κ3) is 8.03. The minimum absolute atomic E-state index is 0. The number of rotatable bonds is 8. The molecule has 0 saturated heterocycles. The highest BCUT2D eigenvalue weighted by atomic mass is 127. The molecule has 1 amide bonds.